The van der Waals surface area contributed by atoms with Crippen molar-refractivity contribution in [1.82, 2.24) is 4.98 Å². The summed E-state index contributed by atoms with van der Waals surface area (Å²) in [6.07, 6.45) is 2.77. The molecular formula is C8H11BrN2O. The predicted molar refractivity (Wildman–Crippen MR) is 50.5 cm³/mol. The molecule has 3 nitrogen and oxygen atoms in total. The molecule has 0 bridgehead atoms. The fourth-order valence-corrected chi connectivity index (χ4v) is 1.43. The summed E-state index contributed by atoms with van der Waals surface area (Å²) in [7, 11) is 0. The van der Waals surface area contributed by atoms with Crippen molar-refractivity contribution in [2.45, 2.75) is 19.1 Å². The van der Waals surface area contributed by atoms with E-state index in [4.69, 9.17) is 5.73 Å². The van der Waals surface area contributed by atoms with Crippen LogP contribution in [-0.4, -0.2) is 16.2 Å². The molecule has 1 rings (SSSR count). The predicted octanol–water partition coefficient (Wildman–Crippen LogP) is 1.22. The normalized spacial score (nSPS) is 15.7. The van der Waals surface area contributed by atoms with E-state index in [1.165, 1.54) is 0 Å². The van der Waals surface area contributed by atoms with Gasteiger partial charge in [-0.2, -0.15) is 0 Å². The quantitative estimate of drug-likeness (QED) is 0.804. The van der Waals surface area contributed by atoms with Crippen molar-refractivity contribution in [1.29, 1.82) is 0 Å². The first-order valence-corrected chi connectivity index (χ1v) is 4.45. The summed E-state index contributed by atoms with van der Waals surface area (Å²) in [6.45, 7) is 1.66. The molecule has 0 spiro atoms. The van der Waals surface area contributed by atoms with Crippen molar-refractivity contribution in [2.75, 3.05) is 0 Å². The van der Waals surface area contributed by atoms with Gasteiger partial charge in [0.25, 0.3) is 0 Å². The van der Waals surface area contributed by atoms with Crippen LogP contribution in [0.5, 0.6) is 0 Å². The number of nitrogens with zero attached hydrogens (tertiary/aromatic N) is 1. The summed E-state index contributed by atoms with van der Waals surface area (Å²) in [4.78, 5) is 3.90. The topological polar surface area (TPSA) is 59.1 Å². The number of halogens is 1. The summed E-state index contributed by atoms with van der Waals surface area (Å²) >= 11 is 3.31. The monoisotopic (exact) mass is 230 g/mol. The summed E-state index contributed by atoms with van der Waals surface area (Å²) < 4.78 is 0.832. The summed E-state index contributed by atoms with van der Waals surface area (Å²) in [5, 5.41) is 9.23. The van der Waals surface area contributed by atoms with E-state index in [0.717, 1.165) is 10.0 Å². The van der Waals surface area contributed by atoms with Crippen LogP contribution in [0, 0.1) is 0 Å². The largest absolute Gasteiger partial charge is 0.391 e. The number of aromatic nitrogens is 1. The summed E-state index contributed by atoms with van der Waals surface area (Å²) in [6, 6.07) is 1.43. The van der Waals surface area contributed by atoms with Crippen LogP contribution in [0.15, 0.2) is 22.9 Å². The van der Waals surface area contributed by atoms with Gasteiger partial charge in [-0.3, -0.25) is 4.98 Å². The SMILES string of the molecule is CC(O)C(N)c1ccncc1Br. The molecule has 12 heavy (non-hydrogen) atoms. The molecule has 0 aliphatic carbocycles. The highest BCUT2D eigenvalue weighted by Gasteiger charge is 2.14. The lowest BCUT2D eigenvalue weighted by Crippen LogP contribution is -2.23. The van der Waals surface area contributed by atoms with Gasteiger partial charge in [-0.05, 0) is 34.5 Å². The van der Waals surface area contributed by atoms with E-state index < -0.39 is 6.10 Å². The molecule has 66 valence electrons. The zero-order chi connectivity index (χ0) is 9.14. The zero-order valence-electron chi connectivity index (χ0n) is 6.74. The van der Waals surface area contributed by atoms with Gasteiger partial charge in [-0.25, -0.2) is 0 Å². The Labute approximate surface area is 79.7 Å². The van der Waals surface area contributed by atoms with Crippen molar-refractivity contribution < 1.29 is 5.11 Å². The Morgan fingerprint density at radius 2 is 2.33 bits per heavy atom. The molecular weight excluding hydrogens is 220 g/mol. The van der Waals surface area contributed by atoms with Crippen LogP contribution in [0.4, 0.5) is 0 Å². The Hall–Kier alpha value is -0.450. The first-order chi connectivity index (χ1) is 5.63. The Balaban J connectivity index is 2.94. The van der Waals surface area contributed by atoms with Crippen molar-refractivity contribution in [3.63, 3.8) is 0 Å². The second-order valence-electron chi connectivity index (χ2n) is 2.66. The first-order valence-electron chi connectivity index (χ1n) is 3.66. The molecule has 0 fully saturated rings. The van der Waals surface area contributed by atoms with Gasteiger partial charge in [0.1, 0.15) is 0 Å². The van der Waals surface area contributed by atoms with E-state index in [0.29, 0.717) is 0 Å². The smallest absolute Gasteiger partial charge is 0.0705 e. The van der Waals surface area contributed by atoms with Gasteiger partial charge in [-0.15, -0.1) is 0 Å². The second kappa shape index (κ2) is 3.98. The third-order valence-corrected chi connectivity index (χ3v) is 2.35. The lowest BCUT2D eigenvalue weighted by Gasteiger charge is -2.15. The highest BCUT2D eigenvalue weighted by molar-refractivity contribution is 9.10. The average Bonchev–Trinajstić information content (AvgIpc) is 2.04. The molecule has 0 aromatic carbocycles. The first kappa shape index (κ1) is 9.64. The molecule has 3 N–H and O–H groups in total. The Morgan fingerprint density at radius 1 is 1.67 bits per heavy atom. The molecule has 1 heterocycles. The number of nitrogens with two attached hydrogens (primary N) is 1. The number of pyridine rings is 1. The minimum absolute atomic E-state index is 0.359. The minimum Gasteiger partial charge on any atom is -0.391 e. The van der Waals surface area contributed by atoms with Gasteiger partial charge in [0.15, 0.2) is 0 Å². The van der Waals surface area contributed by atoms with Gasteiger partial charge < -0.3 is 10.8 Å². The maximum absolute atomic E-state index is 9.23. The number of hydrogen-bond acceptors (Lipinski definition) is 3. The van der Waals surface area contributed by atoms with Gasteiger partial charge in [0, 0.05) is 16.9 Å². The van der Waals surface area contributed by atoms with E-state index in [1.807, 2.05) is 0 Å². The minimum atomic E-state index is -0.552. The van der Waals surface area contributed by atoms with Gasteiger partial charge in [-0.1, -0.05) is 0 Å². The van der Waals surface area contributed by atoms with Crippen LogP contribution in [0.25, 0.3) is 0 Å². The van der Waals surface area contributed by atoms with E-state index in [-0.39, 0.29) is 6.04 Å². The van der Waals surface area contributed by atoms with Crippen LogP contribution in [0.3, 0.4) is 0 Å². The van der Waals surface area contributed by atoms with Crippen molar-refractivity contribution in [2.24, 2.45) is 5.73 Å². The van der Waals surface area contributed by atoms with Gasteiger partial charge in [0.2, 0.25) is 0 Å². The third kappa shape index (κ3) is 2.03. The third-order valence-electron chi connectivity index (χ3n) is 1.68. The second-order valence-corrected chi connectivity index (χ2v) is 3.52. The fraction of sp³-hybridized carbons (Fsp3) is 0.375. The highest BCUT2D eigenvalue weighted by atomic mass is 79.9. The van der Waals surface area contributed by atoms with E-state index in [9.17, 15) is 5.11 Å². The average molecular weight is 231 g/mol. The summed E-state index contributed by atoms with van der Waals surface area (Å²) in [5.41, 5.74) is 6.61. The number of hydrogen-bond donors (Lipinski definition) is 2. The van der Waals surface area contributed by atoms with Crippen LogP contribution in [-0.2, 0) is 0 Å². The fourth-order valence-electron chi connectivity index (χ4n) is 0.916. The maximum atomic E-state index is 9.23. The number of aliphatic hydroxyl groups excluding tert-OH is 1. The lowest BCUT2D eigenvalue weighted by molar-refractivity contribution is 0.164. The Morgan fingerprint density at radius 3 is 2.83 bits per heavy atom. The van der Waals surface area contributed by atoms with Crippen molar-refractivity contribution >= 4 is 15.9 Å². The molecule has 1 aromatic rings. The standard InChI is InChI=1S/C8H11BrN2O/c1-5(12)8(10)6-2-3-11-4-7(6)9/h2-5,8,12H,10H2,1H3. The Kier molecular flexibility index (Phi) is 3.20. The molecule has 0 aliphatic rings. The molecule has 0 radical (unpaired) electrons. The summed E-state index contributed by atoms with van der Waals surface area (Å²) in [5.74, 6) is 0. The Bertz CT molecular complexity index is 265. The maximum Gasteiger partial charge on any atom is 0.0705 e. The van der Waals surface area contributed by atoms with Crippen molar-refractivity contribution in [3.05, 3.63) is 28.5 Å². The van der Waals surface area contributed by atoms with Crippen LogP contribution in [0.1, 0.15) is 18.5 Å². The van der Waals surface area contributed by atoms with Gasteiger partial charge in [0.05, 0.1) is 12.1 Å². The number of aliphatic hydroxyl groups is 1. The van der Waals surface area contributed by atoms with Crippen LogP contribution in [0.2, 0.25) is 0 Å². The molecule has 0 amide bonds. The van der Waals surface area contributed by atoms with Gasteiger partial charge >= 0.3 is 0 Å². The zero-order valence-corrected chi connectivity index (χ0v) is 8.32. The highest BCUT2D eigenvalue weighted by Crippen LogP contribution is 2.22. The van der Waals surface area contributed by atoms with E-state index in [1.54, 1.807) is 25.4 Å². The lowest BCUT2D eigenvalue weighted by atomic mass is 10.1. The molecule has 2 atom stereocenters. The molecule has 4 heteroatoms. The molecule has 0 aliphatic heterocycles. The molecule has 2 unspecified atom stereocenters. The van der Waals surface area contributed by atoms with Crippen LogP contribution < -0.4 is 5.73 Å². The number of rotatable bonds is 2. The van der Waals surface area contributed by atoms with E-state index in [2.05, 4.69) is 20.9 Å². The molecule has 0 saturated carbocycles. The molecule has 0 saturated heterocycles. The van der Waals surface area contributed by atoms with E-state index >= 15 is 0 Å². The van der Waals surface area contributed by atoms with Crippen LogP contribution >= 0.6 is 15.9 Å². The molecule has 1 aromatic heterocycles. The van der Waals surface area contributed by atoms with Crippen molar-refractivity contribution in [3.8, 4) is 0 Å².